The van der Waals surface area contributed by atoms with Crippen LogP contribution in [0.15, 0.2) is 41.9 Å². The highest BCUT2D eigenvalue weighted by Crippen LogP contribution is 2.29. The molecule has 176 valence electrons. The SMILES string of the molecule is CC1(NC(=O)c2cc3ccccc3n2Cc2cn(Cc3nc(C(=O)O)cs3)nn2)CCCCC1. The first-order chi connectivity index (χ1) is 16.4. The number of nitrogens with zero attached hydrogens (tertiary/aromatic N) is 5. The molecule has 3 aromatic heterocycles. The highest BCUT2D eigenvalue weighted by molar-refractivity contribution is 7.09. The lowest BCUT2D eigenvalue weighted by molar-refractivity contribution is 0.0690. The van der Waals surface area contributed by atoms with E-state index in [4.69, 9.17) is 5.11 Å². The number of fused-ring (bicyclic) bond motifs is 1. The lowest BCUT2D eigenvalue weighted by Gasteiger charge is -2.34. The molecule has 0 bridgehead atoms. The fourth-order valence-electron chi connectivity index (χ4n) is 4.63. The van der Waals surface area contributed by atoms with Crippen LogP contribution in [-0.2, 0) is 13.1 Å². The number of amides is 1. The number of carboxylic acids is 1. The number of hydrogen-bond donors (Lipinski definition) is 2. The summed E-state index contributed by atoms with van der Waals surface area (Å²) in [5, 5.41) is 24.0. The summed E-state index contributed by atoms with van der Waals surface area (Å²) in [5.74, 6) is -1.12. The molecule has 2 N–H and O–H groups in total. The number of hydrogen-bond acceptors (Lipinski definition) is 6. The van der Waals surface area contributed by atoms with E-state index in [0.29, 0.717) is 29.5 Å². The van der Waals surface area contributed by atoms with Crippen molar-refractivity contribution in [1.82, 2.24) is 29.9 Å². The lowest BCUT2D eigenvalue weighted by Crippen LogP contribution is -2.47. The van der Waals surface area contributed by atoms with Crippen LogP contribution in [0.5, 0.6) is 0 Å². The summed E-state index contributed by atoms with van der Waals surface area (Å²) in [6, 6.07) is 9.87. The van der Waals surface area contributed by atoms with Gasteiger partial charge < -0.3 is 15.0 Å². The van der Waals surface area contributed by atoms with Crippen molar-refractivity contribution >= 4 is 34.1 Å². The molecule has 3 heterocycles. The zero-order chi connectivity index (χ0) is 23.7. The maximum atomic E-state index is 13.4. The molecule has 1 aliphatic carbocycles. The van der Waals surface area contributed by atoms with E-state index in [0.717, 1.165) is 36.6 Å². The van der Waals surface area contributed by atoms with E-state index in [-0.39, 0.29) is 17.1 Å². The molecular formula is C24H26N6O3S. The third kappa shape index (κ3) is 4.58. The van der Waals surface area contributed by atoms with Crippen LogP contribution in [0.2, 0.25) is 0 Å². The summed E-state index contributed by atoms with van der Waals surface area (Å²) in [4.78, 5) is 28.5. The van der Waals surface area contributed by atoms with Crippen LogP contribution in [0.4, 0.5) is 0 Å². The molecule has 1 saturated carbocycles. The average Bonchev–Trinajstić information content (AvgIpc) is 3.54. The third-order valence-electron chi connectivity index (χ3n) is 6.39. The maximum absolute atomic E-state index is 13.4. The van der Waals surface area contributed by atoms with Gasteiger partial charge in [0, 0.05) is 21.8 Å². The van der Waals surface area contributed by atoms with Crippen LogP contribution in [0, 0.1) is 0 Å². The first-order valence-corrected chi connectivity index (χ1v) is 12.3. The summed E-state index contributed by atoms with van der Waals surface area (Å²) in [5.41, 5.74) is 2.12. The molecule has 0 spiro atoms. The van der Waals surface area contributed by atoms with Crippen LogP contribution in [0.1, 0.15) is 70.7 Å². The Morgan fingerprint density at radius 3 is 2.74 bits per heavy atom. The molecule has 1 fully saturated rings. The predicted molar refractivity (Wildman–Crippen MR) is 128 cm³/mol. The fraction of sp³-hybridized carbons (Fsp3) is 0.375. The molecular weight excluding hydrogens is 452 g/mol. The van der Waals surface area contributed by atoms with E-state index in [1.165, 1.54) is 23.1 Å². The van der Waals surface area contributed by atoms with E-state index < -0.39 is 5.97 Å². The van der Waals surface area contributed by atoms with Gasteiger partial charge in [0.15, 0.2) is 5.69 Å². The van der Waals surface area contributed by atoms with Crippen molar-refractivity contribution in [3.63, 3.8) is 0 Å². The Bertz CT molecular complexity index is 1350. The molecule has 0 radical (unpaired) electrons. The number of aromatic carboxylic acids is 1. The number of rotatable bonds is 7. The van der Waals surface area contributed by atoms with Crippen LogP contribution in [-0.4, -0.2) is 47.1 Å². The van der Waals surface area contributed by atoms with Gasteiger partial charge in [0.1, 0.15) is 16.4 Å². The first kappa shape index (κ1) is 22.3. The van der Waals surface area contributed by atoms with Gasteiger partial charge in [-0.2, -0.15) is 0 Å². The Labute approximate surface area is 200 Å². The standard InChI is InChI=1S/C24H26N6O3S/c1-24(9-5-2-6-10-24)26-22(31)20-11-16-7-3-4-8-19(16)30(20)13-17-12-29(28-27-17)14-21-25-18(15-34-21)23(32)33/h3-4,7-8,11-12,15H,2,5-6,9-10,13-14H2,1H3,(H,26,31)(H,32,33). The van der Waals surface area contributed by atoms with Crippen LogP contribution in [0.25, 0.3) is 10.9 Å². The molecule has 1 amide bonds. The molecule has 0 aliphatic heterocycles. The molecule has 0 unspecified atom stereocenters. The Hall–Kier alpha value is -3.53. The highest BCUT2D eigenvalue weighted by atomic mass is 32.1. The Kier molecular flexibility index (Phi) is 5.91. The summed E-state index contributed by atoms with van der Waals surface area (Å²) in [6.07, 6.45) is 7.29. The van der Waals surface area contributed by atoms with E-state index in [1.807, 2.05) is 34.9 Å². The minimum atomic E-state index is -1.05. The number of aromatic nitrogens is 5. The minimum Gasteiger partial charge on any atom is -0.476 e. The minimum absolute atomic E-state index is 0.0291. The van der Waals surface area contributed by atoms with Gasteiger partial charge in [-0.05, 0) is 31.9 Å². The Balaban J connectivity index is 1.39. The number of carbonyl (C=O) groups is 2. The van der Waals surface area contributed by atoms with Crippen molar-refractivity contribution in [3.8, 4) is 0 Å². The number of carbonyl (C=O) groups excluding carboxylic acids is 1. The molecule has 10 heteroatoms. The zero-order valence-corrected chi connectivity index (χ0v) is 19.7. The van der Waals surface area contributed by atoms with Crippen molar-refractivity contribution in [2.45, 2.75) is 57.7 Å². The number of nitrogens with one attached hydrogen (secondary N) is 1. The monoisotopic (exact) mass is 478 g/mol. The maximum Gasteiger partial charge on any atom is 0.355 e. The molecule has 4 aromatic rings. The number of thiazole rings is 1. The quantitative estimate of drug-likeness (QED) is 0.416. The third-order valence-corrected chi connectivity index (χ3v) is 7.22. The van der Waals surface area contributed by atoms with Gasteiger partial charge in [0.05, 0.1) is 19.3 Å². The molecule has 1 aromatic carbocycles. The summed E-state index contributed by atoms with van der Waals surface area (Å²) >= 11 is 1.27. The average molecular weight is 479 g/mol. The largest absolute Gasteiger partial charge is 0.476 e. The first-order valence-electron chi connectivity index (χ1n) is 11.4. The second-order valence-electron chi connectivity index (χ2n) is 9.09. The van der Waals surface area contributed by atoms with Crippen molar-refractivity contribution in [2.24, 2.45) is 0 Å². The molecule has 34 heavy (non-hydrogen) atoms. The zero-order valence-electron chi connectivity index (χ0n) is 18.9. The molecule has 5 rings (SSSR count). The molecule has 0 atom stereocenters. The summed E-state index contributed by atoms with van der Waals surface area (Å²) in [6.45, 7) is 2.87. The van der Waals surface area contributed by atoms with Gasteiger partial charge >= 0.3 is 5.97 Å². The van der Waals surface area contributed by atoms with Gasteiger partial charge in [0.2, 0.25) is 0 Å². The van der Waals surface area contributed by atoms with E-state index in [1.54, 1.807) is 10.9 Å². The molecule has 0 saturated heterocycles. The van der Waals surface area contributed by atoms with Crippen molar-refractivity contribution in [1.29, 1.82) is 0 Å². The van der Waals surface area contributed by atoms with Gasteiger partial charge in [0.25, 0.3) is 5.91 Å². The van der Waals surface area contributed by atoms with Crippen molar-refractivity contribution < 1.29 is 14.7 Å². The van der Waals surface area contributed by atoms with Crippen LogP contribution < -0.4 is 5.32 Å². The molecule has 9 nitrogen and oxygen atoms in total. The Morgan fingerprint density at radius 2 is 1.97 bits per heavy atom. The second kappa shape index (κ2) is 9.02. The smallest absolute Gasteiger partial charge is 0.355 e. The van der Waals surface area contributed by atoms with Gasteiger partial charge in [-0.3, -0.25) is 4.79 Å². The van der Waals surface area contributed by atoms with Crippen molar-refractivity contribution in [3.05, 3.63) is 64.0 Å². The highest BCUT2D eigenvalue weighted by Gasteiger charge is 2.30. The number of benzene rings is 1. The van der Waals surface area contributed by atoms with Gasteiger partial charge in [-0.15, -0.1) is 16.4 Å². The van der Waals surface area contributed by atoms with E-state index in [9.17, 15) is 9.59 Å². The van der Waals surface area contributed by atoms with Gasteiger partial charge in [-0.1, -0.05) is 42.7 Å². The van der Waals surface area contributed by atoms with Gasteiger partial charge in [-0.25, -0.2) is 14.5 Å². The van der Waals surface area contributed by atoms with Crippen LogP contribution in [0.3, 0.4) is 0 Å². The number of para-hydroxylation sites is 1. The van der Waals surface area contributed by atoms with E-state index >= 15 is 0 Å². The topological polar surface area (TPSA) is 115 Å². The van der Waals surface area contributed by atoms with Crippen LogP contribution >= 0.6 is 11.3 Å². The summed E-state index contributed by atoms with van der Waals surface area (Å²) in [7, 11) is 0. The normalized spacial score (nSPS) is 15.4. The molecule has 1 aliphatic rings. The lowest BCUT2D eigenvalue weighted by atomic mass is 9.83. The fourth-order valence-corrected chi connectivity index (χ4v) is 5.39. The van der Waals surface area contributed by atoms with Crippen molar-refractivity contribution in [2.75, 3.05) is 0 Å². The summed E-state index contributed by atoms with van der Waals surface area (Å²) < 4.78 is 3.62. The second-order valence-corrected chi connectivity index (χ2v) is 10.0. The Morgan fingerprint density at radius 1 is 1.18 bits per heavy atom. The predicted octanol–water partition coefficient (Wildman–Crippen LogP) is 3.94. The van der Waals surface area contributed by atoms with E-state index in [2.05, 4.69) is 27.5 Å². The number of carboxylic acid groups (broad SMARTS) is 1.